The van der Waals surface area contributed by atoms with Crippen LogP contribution in [0.15, 0.2) is 12.1 Å². The van der Waals surface area contributed by atoms with Gasteiger partial charge in [-0.2, -0.15) is 0 Å². The van der Waals surface area contributed by atoms with Crippen molar-refractivity contribution in [2.45, 2.75) is 39.7 Å². The Labute approximate surface area is 153 Å². The quantitative estimate of drug-likeness (QED) is 0.838. The minimum atomic E-state index is -0.261. The zero-order chi connectivity index (χ0) is 18.4. The number of nitrogens with one attached hydrogen (secondary N) is 2. The molecule has 0 aliphatic carbocycles. The third kappa shape index (κ3) is 5.61. The van der Waals surface area contributed by atoms with Gasteiger partial charge < -0.3 is 20.3 Å². The van der Waals surface area contributed by atoms with Crippen molar-refractivity contribution in [3.05, 3.63) is 28.3 Å². The number of carbonyl (C=O) groups is 2. The number of halogens is 1. The summed E-state index contributed by atoms with van der Waals surface area (Å²) in [4.78, 5) is 25.6. The van der Waals surface area contributed by atoms with Gasteiger partial charge in [-0.15, -0.1) is 0 Å². The molecule has 0 saturated carbocycles. The van der Waals surface area contributed by atoms with Crippen molar-refractivity contribution < 1.29 is 14.3 Å². The van der Waals surface area contributed by atoms with Gasteiger partial charge in [0, 0.05) is 19.1 Å². The molecule has 2 N–H and O–H groups in total. The maximum absolute atomic E-state index is 12.2. The van der Waals surface area contributed by atoms with Crippen molar-refractivity contribution in [1.82, 2.24) is 10.2 Å². The Bertz CT molecular complexity index is 605. The number of hydrogen-bond acceptors (Lipinski definition) is 4. The lowest BCUT2D eigenvalue weighted by molar-refractivity contribution is -0.115. The van der Waals surface area contributed by atoms with Crippen LogP contribution in [0.2, 0.25) is 5.02 Å². The van der Waals surface area contributed by atoms with Gasteiger partial charge in [0.05, 0.1) is 23.9 Å². The molecule has 2 amide bonds. The van der Waals surface area contributed by atoms with E-state index in [1.54, 1.807) is 11.8 Å². The van der Waals surface area contributed by atoms with Gasteiger partial charge in [0.15, 0.2) is 0 Å². The van der Waals surface area contributed by atoms with Gasteiger partial charge in [0.1, 0.15) is 0 Å². The second-order valence-corrected chi connectivity index (χ2v) is 6.74. The first kappa shape index (κ1) is 19.5. The second-order valence-electron chi connectivity index (χ2n) is 6.33. The van der Waals surface area contributed by atoms with Gasteiger partial charge in [-0.3, -0.25) is 4.79 Å². The van der Waals surface area contributed by atoms with Gasteiger partial charge in [0.2, 0.25) is 5.91 Å². The molecule has 0 spiro atoms. The maximum Gasteiger partial charge on any atom is 0.409 e. The Balaban J connectivity index is 1.77. The van der Waals surface area contributed by atoms with Crippen LogP contribution in [0.3, 0.4) is 0 Å². The number of anilines is 1. The van der Waals surface area contributed by atoms with Crippen LogP contribution in [0, 0.1) is 13.8 Å². The highest BCUT2D eigenvalue weighted by molar-refractivity contribution is 6.34. The number of piperidine rings is 1. The highest BCUT2D eigenvalue weighted by Gasteiger charge is 2.23. The second kappa shape index (κ2) is 9.06. The molecule has 1 aromatic carbocycles. The van der Waals surface area contributed by atoms with Crippen LogP contribution in [-0.4, -0.2) is 49.2 Å². The predicted octanol–water partition coefficient (Wildman–Crippen LogP) is 3.11. The van der Waals surface area contributed by atoms with E-state index in [0.29, 0.717) is 30.4 Å². The number of benzene rings is 1. The van der Waals surface area contributed by atoms with Crippen LogP contribution in [0.1, 0.15) is 30.9 Å². The van der Waals surface area contributed by atoms with Gasteiger partial charge in [-0.1, -0.05) is 17.7 Å². The summed E-state index contributed by atoms with van der Waals surface area (Å²) in [6, 6.07) is 4.04. The number of rotatable bonds is 5. The van der Waals surface area contributed by atoms with Crippen LogP contribution >= 0.6 is 11.6 Å². The molecule has 1 heterocycles. The van der Waals surface area contributed by atoms with Crippen LogP contribution in [0.4, 0.5) is 10.5 Å². The fourth-order valence-corrected chi connectivity index (χ4v) is 3.34. The van der Waals surface area contributed by atoms with E-state index >= 15 is 0 Å². The highest BCUT2D eigenvalue weighted by Crippen LogP contribution is 2.27. The summed E-state index contributed by atoms with van der Waals surface area (Å²) in [5.74, 6) is -0.123. The van der Waals surface area contributed by atoms with Gasteiger partial charge >= 0.3 is 6.09 Å². The number of likely N-dealkylation sites (tertiary alicyclic amines) is 1. The molecule has 6 nitrogen and oxygen atoms in total. The Hall–Kier alpha value is -1.79. The third-order valence-electron chi connectivity index (χ3n) is 4.27. The van der Waals surface area contributed by atoms with Crippen LogP contribution < -0.4 is 10.6 Å². The fraction of sp³-hybridized carbons (Fsp3) is 0.556. The molecule has 0 aromatic heterocycles. The van der Waals surface area contributed by atoms with Crippen LogP contribution in [0.25, 0.3) is 0 Å². The van der Waals surface area contributed by atoms with Crippen molar-refractivity contribution in [3.63, 3.8) is 0 Å². The Morgan fingerprint density at radius 1 is 1.28 bits per heavy atom. The van der Waals surface area contributed by atoms with Crippen molar-refractivity contribution in [2.24, 2.45) is 0 Å². The van der Waals surface area contributed by atoms with Crippen molar-refractivity contribution in [3.8, 4) is 0 Å². The summed E-state index contributed by atoms with van der Waals surface area (Å²) < 4.78 is 5.00. The molecule has 2 rings (SSSR count). The lowest BCUT2D eigenvalue weighted by Crippen LogP contribution is -2.46. The molecule has 7 heteroatoms. The molecule has 1 aliphatic rings. The van der Waals surface area contributed by atoms with E-state index in [9.17, 15) is 9.59 Å². The summed E-state index contributed by atoms with van der Waals surface area (Å²) in [7, 11) is 0. The molecule has 1 aliphatic heterocycles. The molecule has 138 valence electrons. The monoisotopic (exact) mass is 367 g/mol. The zero-order valence-corrected chi connectivity index (χ0v) is 15.8. The minimum absolute atomic E-state index is 0.123. The van der Waals surface area contributed by atoms with E-state index in [4.69, 9.17) is 16.3 Å². The molecule has 0 unspecified atom stereocenters. The summed E-state index contributed by atoms with van der Waals surface area (Å²) >= 11 is 6.21. The first-order valence-corrected chi connectivity index (χ1v) is 9.00. The van der Waals surface area contributed by atoms with Gasteiger partial charge in [0.25, 0.3) is 0 Å². The molecule has 0 atom stereocenters. The SMILES string of the molecule is CCOC(=O)N1CCC(NCC(=O)Nc2c(C)cc(C)cc2Cl)CC1. The minimum Gasteiger partial charge on any atom is -0.450 e. The van der Waals surface area contributed by atoms with E-state index in [1.807, 2.05) is 26.0 Å². The van der Waals surface area contributed by atoms with Crippen LogP contribution in [-0.2, 0) is 9.53 Å². The summed E-state index contributed by atoms with van der Waals surface area (Å²) in [6.45, 7) is 7.57. The lowest BCUT2D eigenvalue weighted by atomic mass is 10.1. The molecule has 1 aromatic rings. The average molecular weight is 368 g/mol. The number of amides is 2. The summed E-state index contributed by atoms with van der Waals surface area (Å²) in [6.07, 6.45) is 1.34. The molecule has 0 bridgehead atoms. The highest BCUT2D eigenvalue weighted by atomic mass is 35.5. The van der Waals surface area contributed by atoms with E-state index in [0.717, 1.165) is 24.0 Å². The maximum atomic E-state index is 12.2. The number of aryl methyl sites for hydroxylation is 2. The van der Waals surface area contributed by atoms with Crippen LogP contribution in [0.5, 0.6) is 0 Å². The molecular formula is C18H26ClN3O3. The first-order valence-electron chi connectivity index (χ1n) is 8.62. The molecule has 1 saturated heterocycles. The molecule has 25 heavy (non-hydrogen) atoms. The Morgan fingerprint density at radius 2 is 1.96 bits per heavy atom. The van der Waals surface area contributed by atoms with Crippen molar-refractivity contribution in [2.75, 3.05) is 31.6 Å². The average Bonchev–Trinajstić information content (AvgIpc) is 2.57. The third-order valence-corrected chi connectivity index (χ3v) is 4.57. The van der Waals surface area contributed by atoms with Gasteiger partial charge in [-0.25, -0.2) is 4.79 Å². The predicted molar refractivity (Wildman–Crippen MR) is 99.2 cm³/mol. The largest absolute Gasteiger partial charge is 0.450 e. The molecular weight excluding hydrogens is 342 g/mol. The molecule has 1 fully saturated rings. The smallest absolute Gasteiger partial charge is 0.409 e. The number of ether oxygens (including phenoxy) is 1. The topological polar surface area (TPSA) is 70.7 Å². The van der Waals surface area contributed by atoms with E-state index in [2.05, 4.69) is 10.6 Å². The number of carbonyl (C=O) groups excluding carboxylic acids is 2. The first-order chi connectivity index (χ1) is 11.9. The molecule has 0 radical (unpaired) electrons. The fourth-order valence-electron chi connectivity index (χ4n) is 2.98. The number of nitrogens with zero attached hydrogens (tertiary/aromatic N) is 1. The van der Waals surface area contributed by atoms with Crippen molar-refractivity contribution >= 4 is 29.3 Å². The van der Waals surface area contributed by atoms with Gasteiger partial charge in [-0.05, 0) is 50.8 Å². The Morgan fingerprint density at radius 3 is 2.56 bits per heavy atom. The summed E-state index contributed by atoms with van der Waals surface area (Å²) in [5.41, 5.74) is 2.67. The van der Waals surface area contributed by atoms with E-state index < -0.39 is 0 Å². The van der Waals surface area contributed by atoms with E-state index in [-0.39, 0.29) is 24.6 Å². The number of hydrogen-bond donors (Lipinski definition) is 2. The normalized spacial score (nSPS) is 15.1. The van der Waals surface area contributed by atoms with E-state index in [1.165, 1.54) is 0 Å². The summed E-state index contributed by atoms with van der Waals surface area (Å²) in [5, 5.41) is 6.67. The zero-order valence-electron chi connectivity index (χ0n) is 15.0. The van der Waals surface area contributed by atoms with Crippen molar-refractivity contribution in [1.29, 1.82) is 0 Å². The lowest BCUT2D eigenvalue weighted by Gasteiger charge is -2.31. The standard InChI is InChI=1S/C18H26ClN3O3/c1-4-25-18(24)22-7-5-14(6-8-22)20-11-16(23)21-17-13(3)9-12(2)10-15(17)19/h9-10,14,20H,4-8,11H2,1-3H3,(H,21,23). The Kier molecular flexibility index (Phi) is 7.08.